The molecule has 4 aromatic rings. The Labute approximate surface area is 301 Å². The van der Waals surface area contributed by atoms with Crippen molar-refractivity contribution in [3.63, 3.8) is 0 Å². The Bertz CT molecular complexity index is 1890. The number of piperazine rings is 1. The molecule has 0 atom stereocenters. The van der Waals surface area contributed by atoms with Gasteiger partial charge in [0, 0.05) is 70.6 Å². The van der Waals surface area contributed by atoms with E-state index in [0.29, 0.717) is 80.4 Å². The third-order valence-electron chi connectivity index (χ3n) is 9.81. The fourth-order valence-corrected chi connectivity index (χ4v) is 7.25. The molecule has 0 radical (unpaired) electrons. The number of hydrogen-bond acceptors (Lipinski definition) is 11. The minimum absolute atomic E-state index is 0.0285. The number of esters is 1. The highest BCUT2D eigenvalue weighted by molar-refractivity contribution is 5.91. The Morgan fingerprint density at radius 1 is 0.943 bits per heavy atom. The number of hydrogen-bond donors (Lipinski definition) is 1. The average Bonchev–Trinajstić information content (AvgIpc) is 3.77. The molecular weight excluding hydrogens is 708 g/mol. The van der Waals surface area contributed by atoms with Gasteiger partial charge < -0.3 is 24.3 Å². The summed E-state index contributed by atoms with van der Waals surface area (Å²) in [7, 11) is 3.48. The number of alkyl halides is 6. The van der Waals surface area contributed by atoms with Gasteiger partial charge in [0.05, 0.1) is 49.0 Å². The van der Waals surface area contributed by atoms with Crippen molar-refractivity contribution in [2.24, 2.45) is 5.41 Å². The molecule has 0 amide bonds. The molecular formula is C35H41F6N9O3. The van der Waals surface area contributed by atoms with E-state index in [1.165, 1.54) is 6.07 Å². The molecule has 2 fully saturated rings. The molecule has 1 saturated carbocycles. The third kappa shape index (κ3) is 8.64. The van der Waals surface area contributed by atoms with E-state index in [0.717, 1.165) is 45.0 Å². The summed E-state index contributed by atoms with van der Waals surface area (Å²) in [5, 5.41) is 0. The lowest BCUT2D eigenvalue weighted by Gasteiger charge is -2.35. The second kappa shape index (κ2) is 15.4. The number of carbonyl (C=O) groups excluding carboxylic acids is 1. The highest BCUT2D eigenvalue weighted by Gasteiger charge is 2.45. The van der Waals surface area contributed by atoms with Crippen LogP contribution < -0.4 is 9.80 Å². The molecule has 0 bridgehead atoms. The van der Waals surface area contributed by atoms with Crippen LogP contribution in [-0.4, -0.2) is 107 Å². The smallest absolute Gasteiger partial charge is 0.433 e. The lowest BCUT2D eigenvalue weighted by Crippen LogP contribution is -2.47. The Morgan fingerprint density at radius 2 is 1.68 bits per heavy atom. The summed E-state index contributed by atoms with van der Waals surface area (Å²) in [6, 6.07) is 1.96. The van der Waals surface area contributed by atoms with Gasteiger partial charge in [-0.1, -0.05) is 12.8 Å². The number of rotatable bonds is 12. The predicted octanol–water partition coefficient (Wildman–Crippen LogP) is 6.23. The van der Waals surface area contributed by atoms with Gasteiger partial charge in [-0.2, -0.15) is 26.3 Å². The van der Waals surface area contributed by atoms with Crippen LogP contribution in [0.15, 0.2) is 30.7 Å². The van der Waals surface area contributed by atoms with Gasteiger partial charge >= 0.3 is 18.3 Å². The summed E-state index contributed by atoms with van der Waals surface area (Å²) in [5.41, 5.74) is -2.85. The Hall–Kier alpha value is -4.58. The molecule has 18 heteroatoms. The van der Waals surface area contributed by atoms with E-state index in [-0.39, 0.29) is 28.3 Å². The third-order valence-corrected chi connectivity index (χ3v) is 9.81. The van der Waals surface area contributed by atoms with Crippen molar-refractivity contribution in [1.82, 2.24) is 34.8 Å². The van der Waals surface area contributed by atoms with E-state index in [2.05, 4.69) is 39.7 Å². The number of halogens is 6. The molecule has 1 aliphatic carbocycles. The number of ether oxygens (including phenoxy) is 2. The first-order valence-corrected chi connectivity index (χ1v) is 17.4. The van der Waals surface area contributed by atoms with Crippen LogP contribution in [0.2, 0.25) is 0 Å². The number of fused-ring (bicyclic) bond motifs is 1. The van der Waals surface area contributed by atoms with Crippen molar-refractivity contribution in [1.29, 1.82) is 0 Å². The first-order chi connectivity index (χ1) is 25.2. The SMILES string of the molecule is CCOC(=O)CCN1CCN(c2cnc(-c3nc4nc(-c5cnc(C(F)(F)F)c(C(F)(F)F)c5)cc(N(C)CC5(COC)CCCC5)c4[nH]3)cn2)CC1. The van der Waals surface area contributed by atoms with Crippen LogP contribution in [0.4, 0.5) is 37.8 Å². The molecule has 0 spiro atoms. The molecule has 286 valence electrons. The van der Waals surface area contributed by atoms with Gasteiger partial charge in [0.15, 0.2) is 17.2 Å². The summed E-state index contributed by atoms with van der Waals surface area (Å²) in [5.74, 6) is 0.741. The van der Waals surface area contributed by atoms with Crippen molar-refractivity contribution in [2.45, 2.75) is 51.4 Å². The zero-order valence-electron chi connectivity index (χ0n) is 29.6. The summed E-state index contributed by atoms with van der Waals surface area (Å²) >= 11 is 0. The number of anilines is 2. The number of pyridine rings is 2. The van der Waals surface area contributed by atoms with Crippen LogP contribution in [-0.2, 0) is 26.6 Å². The standard InChI is InChI=1S/C35H41F6N9O3/c1-4-53-28(51)7-10-49-11-13-50(14-12-49)27-19-42-25(18-43-27)31-46-29-26(48(2)20-33(21-52-3)8-5-6-9-33)16-24(45-32(29)47-31)22-15-23(34(36,37)38)30(44-17-22)35(39,40)41/h15-19H,4-14,20-21H2,1-3H3,(H,45,46,47). The highest BCUT2D eigenvalue weighted by atomic mass is 19.4. The van der Waals surface area contributed by atoms with Crippen molar-refractivity contribution in [3.8, 4) is 22.8 Å². The molecule has 12 nitrogen and oxygen atoms in total. The maximum Gasteiger partial charge on any atom is 0.433 e. The van der Waals surface area contributed by atoms with Crippen molar-refractivity contribution in [2.75, 3.05) is 76.4 Å². The summed E-state index contributed by atoms with van der Waals surface area (Å²) in [4.78, 5) is 42.7. The molecule has 1 N–H and O–H groups in total. The number of aromatic nitrogens is 6. The normalized spacial score (nSPS) is 16.7. The zero-order chi connectivity index (χ0) is 38.0. The number of H-pyrrole nitrogens is 1. The van der Waals surface area contributed by atoms with E-state index >= 15 is 0 Å². The first-order valence-electron chi connectivity index (χ1n) is 17.4. The van der Waals surface area contributed by atoms with E-state index in [4.69, 9.17) is 9.47 Å². The van der Waals surface area contributed by atoms with E-state index < -0.39 is 23.6 Å². The lowest BCUT2D eigenvalue weighted by atomic mass is 9.86. The largest absolute Gasteiger partial charge is 0.466 e. The second-order valence-electron chi connectivity index (χ2n) is 13.6. The number of nitrogens with one attached hydrogen (secondary N) is 1. The molecule has 1 aliphatic heterocycles. The molecule has 0 unspecified atom stereocenters. The van der Waals surface area contributed by atoms with Crippen LogP contribution in [0.25, 0.3) is 33.9 Å². The number of carbonyl (C=O) groups is 1. The second-order valence-corrected chi connectivity index (χ2v) is 13.6. The summed E-state index contributed by atoms with van der Waals surface area (Å²) < 4.78 is 92.8. The van der Waals surface area contributed by atoms with Gasteiger partial charge in [-0.25, -0.2) is 19.9 Å². The number of methoxy groups -OCH3 is 1. The van der Waals surface area contributed by atoms with Crippen LogP contribution in [0.3, 0.4) is 0 Å². The molecule has 0 aromatic carbocycles. The van der Waals surface area contributed by atoms with Crippen molar-refractivity contribution >= 4 is 28.6 Å². The number of aromatic amines is 1. The van der Waals surface area contributed by atoms with Crippen LogP contribution in [0, 0.1) is 5.41 Å². The minimum atomic E-state index is -5.31. The Balaban J connectivity index is 1.31. The molecule has 4 aromatic heterocycles. The number of imidazole rings is 1. The van der Waals surface area contributed by atoms with Gasteiger partial charge in [0.2, 0.25) is 0 Å². The Kier molecular flexibility index (Phi) is 11.1. The maximum atomic E-state index is 13.9. The van der Waals surface area contributed by atoms with Crippen LogP contribution in [0.5, 0.6) is 0 Å². The van der Waals surface area contributed by atoms with Gasteiger partial charge in [-0.15, -0.1) is 0 Å². The molecule has 2 aliphatic rings. The van der Waals surface area contributed by atoms with Crippen LogP contribution in [0.1, 0.15) is 50.3 Å². The van der Waals surface area contributed by atoms with Gasteiger partial charge in [0.25, 0.3) is 0 Å². The van der Waals surface area contributed by atoms with Gasteiger partial charge in [-0.05, 0) is 31.9 Å². The molecule has 1 saturated heterocycles. The summed E-state index contributed by atoms with van der Waals surface area (Å²) in [6.07, 6.45) is -2.46. The fourth-order valence-electron chi connectivity index (χ4n) is 7.25. The quantitative estimate of drug-likeness (QED) is 0.131. The van der Waals surface area contributed by atoms with Crippen molar-refractivity contribution in [3.05, 3.63) is 42.0 Å². The van der Waals surface area contributed by atoms with Crippen molar-refractivity contribution < 1.29 is 40.6 Å². The maximum absolute atomic E-state index is 13.9. The molecule has 5 heterocycles. The van der Waals surface area contributed by atoms with E-state index in [9.17, 15) is 31.1 Å². The monoisotopic (exact) mass is 749 g/mol. The highest BCUT2D eigenvalue weighted by Crippen LogP contribution is 2.43. The topological polar surface area (TPSA) is 125 Å². The van der Waals surface area contributed by atoms with Gasteiger partial charge in [-0.3, -0.25) is 14.7 Å². The first kappa shape index (κ1) is 38.2. The van der Waals surface area contributed by atoms with E-state index in [1.807, 2.05) is 11.9 Å². The minimum Gasteiger partial charge on any atom is -0.466 e. The van der Waals surface area contributed by atoms with Crippen LogP contribution >= 0.6 is 0 Å². The average molecular weight is 750 g/mol. The molecule has 6 rings (SSSR count). The fraction of sp³-hybridized carbons (Fsp3) is 0.543. The molecule has 53 heavy (non-hydrogen) atoms. The lowest BCUT2D eigenvalue weighted by molar-refractivity contribution is -0.164. The zero-order valence-corrected chi connectivity index (χ0v) is 29.6. The van der Waals surface area contributed by atoms with Gasteiger partial charge in [0.1, 0.15) is 17.0 Å². The summed E-state index contributed by atoms with van der Waals surface area (Å²) in [6.45, 7) is 6.64. The van der Waals surface area contributed by atoms with E-state index in [1.54, 1.807) is 26.4 Å². The predicted molar refractivity (Wildman–Crippen MR) is 184 cm³/mol. The number of nitrogens with zero attached hydrogens (tertiary/aromatic N) is 8. The Morgan fingerprint density at radius 3 is 2.30 bits per heavy atom.